The lowest BCUT2D eigenvalue weighted by molar-refractivity contribution is -0.152. The molecule has 28 heavy (non-hydrogen) atoms. The highest BCUT2D eigenvalue weighted by Crippen LogP contribution is 2.16. The predicted molar refractivity (Wildman–Crippen MR) is 103 cm³/mol. The summed E-state index contributed by atoms with van der Waals surface area (Å²) < 4.78 is 10.3. The van der Waals surface area contributed by atoms with Crippen molar-refractivity contribution in [1.82, 2.24) is 10.2 Å². The lowest BCUT2D eigenvalue weighted by Gasteiger charge is -2.14. The number of carbonyl (C=O) groups is 2. The number of anilines is 1. The minimum atomic E-state index is -0.997. The molecule has 0 saturated carbocycles. The van der Waals surface area contributed by atoms with Gasteiger partial charge in [0.1, 0.15) is 5.75 Å². The summed E-state index contributed by atoms with van der Waals surface area (Å²) in [5, 5.41) is 9.96. The summed E-state index contributed by atoms with van der Waals surface area (Å²) in [5.74, 6) is -0.419. The number of esters is 1. The number of carbonyl (C=O) groups excluding carboxylic acids is 2. The van der Waals surface area contributed by atoms with Gasteiger partial charge in [-0.1, -0.05) is 18.2 Å². The Hall–Kier alpha value is -3.68. The maximum atomic E-state index is 12.2. The molecule has 0 aliphatic heterocycles. The van der Waals surface area contributed by atoms with Gasteiger partial charge in [0.05, 0.1) is 24.6 Å². The van der Waals surface area contributed by atoms with Crippen LogP contribution >= 0.6 is 0 Å². The van der Waals surface area contributed by atoms with Crippen LogP contribution in [-0.4, -0.2) is 35.3 Å². The van der Waals surface area contributed by atoms with Gasteiger partial charge in [0, 0.05) is 11.1 Å². The molecule has 1 atom stereocenters. The zero-order valence-corrected chi connectivity index (χ0v) is 15.4. The van der Waals surface area contributed by atoms with Crippen LogP contribution in [0.25, 0.3) is 10.8 Å². The van der Waals surface area contributed by atoms with E-state index in [0.717, 1.165) is 0 Å². The Morgan fingerprint density at radius 3 is 2.46 bits per heavy atom. The first-order valence-corrected chi connectivity index (χ1v) is 8.58. The molecular formula is C20H19N3O5. The highest BCUT2D eigenvalue weighted by atomic mass is 16.5. The Balaban J connectivity index is 1.63. The van der Waals surface area contributed by atoms with Crippen LogP contribution in [0, 0.1) is 0 Å². The number of aromatic amines is 1. The number of H-pyrrole nitrogens is 1. The minimum absolute atomic E-state index is 0.169. The Labute approximate surface area is 160 Å². The van der Waals surface area contributed by atoms with Crippen molar-refractivity contribution in [2.75, 3.05) is 12.4 Å². The van der Waals surface area contributed by atoms with Crippen LogP contribution in [0.4, 0.5) is 5.69 Å². The third-order valence-corrected chi connectivity index (χ3v) is 4.12. The number of nitrogens with zero attached hydrogens (tertiary/aromatic N) is 1. The summed E-state index contributed by atoms with van der Waals surface area (Å²) in [6, 6.07) is 13.6. The van der Waals surface area contributed by atoms with Crippen LogP contribution in [0.5, 0.6) is 5.75 Å². The van der Waals surface area contributed by atoms with E-state index in [1.807, 2.05) is 0 Å². The molecule has 0 unspecified atom stereocenters. The van der Waals surface area contributed by atoms with Gasteiger partial charge >= 0.3 is 5.97 Å². The second kappa shape index (κ2) is 8.34. The van der Waals surface area contributed by atoms with Gasteiger partial charge in [-0.05, 0) is 37.3 Å². The van der Waals surface area contributed by atoms with Crippen LogP contribution in [-0.2, 0) is 20.7 Å². The number of rotatable bonds is 6. The SMILES string of the molecule is COc1ccc(NC(=O)[C@@H](C)OC(=O)Cc2n[nH]c(=O)c3ccccc23)cc1. The number of hydrogen-bond acceptors (Lipinski definition) is 6. The minimum Gasteiger partial charge on any atom is -0.497 e. The number of methoxy groups -OCH3 is 1. The van der Waals surface area contributed by atoms with E-state index in [0.29, 0.717) is 27.9 Å². The summed E-state index contributed by atoms with van der Waals surface area (Å²) in [6.45, 7) is 1.48. The molecule has 8 nitrogen and oxygen atoms in total. The Morgan fingerprint density at radius 1 is 1.11 bits per heavy atom. The Bertz CT molecular complexity index is 1060. The second-order valence-corrected chi connectivity index (χ2v) is 6.07. The molecule has 144 valence electrons. The highest BCUT2D eigenvalue weighted by Gasteiger charge is 2.19. The van der Waals surface area contributed by atoms with Crippen molar-refractivity contribution in [3.63, 3.8) is 0 Å². The van der Waals surface area contributed by atoms with E-state index < -0.39 is 18.0 Å². The molecule has 0 aliphatic rings. The molecule has 0 spiro atoms. The van der Waals surface area contributed by atoms with Gasteiger partial charge < -0.3 is 14.8 Å². The van der Waals surface area contributed by atoms with Gasteiger partial charge in [-0.25, -0.2) is 5.10 Å². The first-order valence-electron chi connectivity index (χ1n) is 8.58. The highest BCUT2D eigenvalue weighted by molar-refractivity contribution is 5.95. The second-order valence-electron chi connectivity index (χ2n) is 6.07. The summed E-state index contributed by atoms with van der Waals surface area (Å²) in [5.41, 5.74) is 0.602. The van der Waals surface area contributed by atoms with Crippen LogP contribution in [0.3, 0.4) is 0 Å². The third kappa shape index (κ3) is 4.35. The number of ether oxygens (including phenoxy) is 2. The van der Waals surface area contributed by atoms with Crippen molar-refractivity contribution in [2.24, 2.45) is 0 Å². The molecule has 2 N–H and O–H groups in total. The lowest BCUT2D eigenvalue weighted by Crippen LogP contribution is -2.30. The zero-order chi connectivity index (χ0) is 20.1. The number of fused-ring (bicyclic) bond motifs is 1. The molecule has 1 amide bonds. The smallest absolute Gasteiger partial charge is 0.312 e. The number of aromatic nitrogens is 2. The van der Waals surface area contributed by atoms with Crippen LogP contribution in [0.15, 0.2) is 53.3 Å². The molecule has 0 aliphatic carbocycles. The molecule has 1 heterocycles. The van der Waals surface area contributed by atoms with E-state index >= 15 is 0 Å². The molecule has 2 aromatic carbocycles. The third-order valence-electron chi connectivity index (χ3n) is 4.12. The number of hydrogen-bond donors (Lipinski definition) is 2. The molecule has 0 fully saturated rings. The maximum Gasteiger partial charge on any atom is 0.312 e. The topological polar surface area (TPSA) is 110 Å². The molecule has 8 heteroatoms. The van der Waals surface area contributed by atoms with Gasteiger partial charge in [-0.2, -0.15) is 5.10 Å². The fourth-order valence-electron chi connectivity index (χ4n) is 2.65. The quantitative estimate of drug-likeness (QED) is 0.632. The molecule has 0 bridgehead atoms. The van der Waals surface area contributed by atoms with Crippen molar-refractivity contribution in [3.8, 4) is 5.75 Å². The fraction of sp³-hybridized carbons (Fsp3) is 0.200. The normalized spacial score (nSPS) is 11.6. The van der Waals surface area contributed by atoms with Gasteiger partial charge in [0.2, 0.25) is 0 Å². The van der Waals surface area contributed by atoms with E-state index in [1.54, 1.807) is 55.6 Å². The molecular weight excluding hydrogens is 362 g/mol. The summed E-state index contributed by atoms with van der Waals surface area (Å²) in [7, 11) is 1.55. The lowest BCUT2D eigenvalue weighted by atomic mass is 10.1. The molecule has 3 aromatic rings. The number of nitrogens with one attached hydrogen (secondary N) is 2. The number of benzene rings is 2. The van der Waals surface area contributed by atoms with E-state index in [1.165, 1.54) is 6.92 Å². The maximum absolute atomic E-state index is 12.2. The molecule has 0 saturated heterocycles. The first kappa shape index (κ1) is 19.1. The van der Waals surface area contributed by atoms with Gasteiger partial charge in [-0.15, -0.1) is 0 Å². The predicted octanol–water partition coefficient (Wildman–Crippen LogP) is 2.04. The van der Waals surface area contributed by atoms with Crippen molar-refractivity contribution >= 4 is 28.3 Å². The van der Waals surface area contributed by atoms with Crippen LogP contribution < -0.4 is 15.6 Å². The molecule has 1 aromatic heterocycles. The zero-order valence-electron chi connectivity index (χ0n) is 15.4. The van der Waals surface area contributed by atoms with Crippen molar-refractivity contribution in [1.29, 1.82) is 0 Å². The van der Waals surface area contributed by atoms with Gasteiger partial charge in [0.15, 0.2) is 6.10 Å². The average molecular weight is 381 g/mol. The largest absolute Gasteiger partial charge is 0.497 e. The standard InChI is InChI=1S/C20H19N3O5/c1-12(19(25)21-13-7-9-14(27-2)10-8-13)28-18(24)11-17-15-5-3-4-6-16(15)20(26)23-22-17/h3-10,12H,11H2,1-2H3,(H,21,25)(H,23,26)/t12-/m1/s1. The van der Waals surface area contributed by atoms with E-state index in [4.69, 9.17) is 9.47 Å². The van der Waals surface area contributed by atoms with E-state index in [2.05, 4.69) is 15.5 Å². The van der Waals surface area contributed by atoms with E-state index in [-0.39, 0.29) is 12.0 Å². The fourth-order valence-corrected chi connectivity index (χ4v) is 2.65. The van der Waals surface area contributed by atoms with E-state index in [9.17, 15) is 14.4 Å². The summed E-state index contributed by atoms with van der Waals surface area (Å²) >= 11 is 0. The average Bonchev–Trinajstić information content (AvgIpc) is 2.71. The van der Waals surface area contributed by atoms with Crippen molar-refractivity contribution in [3.05, 3.63) is 64.6 Å². The van der Waals surface area contributed by atoms with Gasteiger partial charge in [-0.3, -0.25) is 14.4 Å². The first-order chi connectivity index (χ1) is 13.5. The Morgan fingerprint density at radius 2 is 1.79 bits per heavy atom. The monoisotopic (exact) mass is 381 g/mol. The molecule has 0 radical (unpaired) electrons. The molecule has 3 rings (SSSR count). The van der Waals surface area contributed by atoms with Crippen molar-refractivity contribution < 1.29 is 19.1 Å². The van der Waals surface area contributed by atoms with Crippen molar-refractivity contribution in [2.45, 2.75) is 19.4 Å². The van der Waals surface area contributed by atoms with Crippen LogP contribution in [0.2, 0.25) is 0 Å². The number of amides is 1. The Kier molecular flexibility index (Phi) is 5.69. The van der Waals surface area contributed by atoms with Crippen LogP contribution in [0.1, 0.15) is 12.6 Å². The summed E-state index contributed by atoms with van der Waals surface area (Å²) in [6.07, 6.45) is -1.17. The summed E-state index contributed by atoms with van der Waals surface area (Å²) in [4.78, 5) is 36.3. The van der Waals surface area contributed by atoms with Gasteiger partial charge in [0.25, 0.3) is 11.5 Å².